The average molecular weight is 341 g/mol. The first kappa shape index (κ1) is 20.0. The van der Waals surface area contributed by atoms with Crippen LogP contribution in [0.1, 0.15) is 64.3 Å². The van der Waals surface area contributed by atoms with Gasteiger partial charge in [-0.25, -0.2) is 4.79 Å². The lowest BCUT2D eigenvalue weighted by atomic mass is 10.0. The third kappa shape index (κ3) is 7.36. The number of aryl methyl sites for hydroxylation is 1. The van der Waals surface area contributed by atoms with Crippen molar-refractivity contribution in [3.8, 4) is 0 Å². The molecule has 1 aromatic rings. The Labute approximate surface area is 145 Å². The van der Waals surface area contributed by atoms with Gasteiger partial charge < -0.3 is 15.4 Å². The molecule has 23 heavy (non-hydrogen) atoms. The van der Waals surface area contributed by atoms with E-state index in [0.717, 1.165) is 13.0 Å². The van der Waals surface area contributed by atoms with E-state index >= 15 is 0 Å². The van der Waals surface area contributed by atoms with E-state index in [1.54, 1.807) is 0 Å². The van der Waals surface area contributed by atoms with Gasteiger partial charge in [-0.1, -0.05) is 20.8 Å². The molecule has 0 radical (unpaired) electrons. The number of thiophene rings is 1. The highest BCUT2D eigenvalue weighted by molar-refractivity contribution is 7.12. The maximum absolute atomic E-state index is 12.0. The van der Waals surface area contributed by atoms with Crippen LogP contribution in [0, 0.1) is 5.92 Å². The fourth-order valence-electron chi connectivity index (χ4n) is 2.13. The summed E-state index contributed by atoms with van der Waals surface area (Å²) in [6.07, 6.45) is 0.724. The van der Waals surface area contributed by atoms with Gasteiger partial charge in [-0.2, -0.15) is 0 Å². The van der Waals surface area contributed by atoms with Crippen LogP contribution in [0.2, 0.25) is 0 Å². The minimum absolute atomic E-state index is 0.0397. The molecule has 0 aliphatic heterocycles. The van der Waals surface area contributed by atoms with Crippen LogP contribution in [0.4, 0.5) is 4.79 Å². The first-order valence-electron chi connectivity index (χ1n) is 8.44. The Morgan fingerprint density at radius 1 is 1.26 bits per heavy atom. The maximum Gasteiger partial charge on any atom is 0.407 e. The van der Waals surface area contributed by atoms with Gasteiger partial charge in [-0.15, -0.1) is 11.3 Å². The molecule has 1 rings (SSSR count). The van der Waals surface area contributed by atoms with Crippen LogP contribution in [0.25, 0.3) is 0 Å². The van der Waals surface area contributed by atoms with Crippen LogP contribution in [0.15, 0.2) is 12.1 Å². The lowest BCUT2D eigenvalue weighted by Crippen LogP contribution is -2.47. The van der Waals surface area contributed by atoms with Crippen LogP contribution in [-0.4, -0.2) is 24.3 Å². The molecule has 0 spiro atoms. The van der Waals surface area contributed by atoms with Gasteiger partial charge in [0.2, 0.25) is 0 Å². The maximum atomic E-state index is 12.0. The van der Waals surface area contributed by atoms with Crippen LogP contribution in [0.5, 0.6) is 0 Å². The van der Waals surface area contributed by atoms with Crippen LogP contribution < -0.4 is 10.6 Å². The molecule has 1 aromatic heterocycles. The van der Waals surface area contributed by atoms with Crippen LogP contribution in [-0.2, 0) is 11.2 Å². The Balaban J connectivity index is 2.54. The first-order valence-corrected chi connectivity index (χ1v) is 9.25. The smallest absolute Gasteiger partial charge is 0.407 e. The van der Waals surface area contributed by atoms with Gasteiger partial charge >= 0.3 is 6.09 Å². The highest BCUT2D eigenvalue weighted by Crippen LogP contribution is 2.23. The quantitative estimate of drug-likeness (QED) is 0.768. The Morgan fingerprint density at radius 3 is 2.39 bits per heavy atom. The van der Waals surface area contributed by atoms with E-state index in [1.807, 2.05) is 32.1 Å². The second-order valence-electron chi connectivity index (χ2n) is 7.28. The van der Waals surface area contributed by atoms with Crippen molar-refractivity contribution < 1.29 is 9.53 Å². The highest BCUT2D eigenvalue weighted by Gasteiger charge is 2.22. The van der Waals surface area contributed by atoms with Crippen molar-refractivity contribution in [2.75, 3.05) is 6.54 Å². The number of alkyl carbamates (subject to hydrolysis) is 1. The molecular formula is C18H32N2O2S. The lowest BCUT2D eigenvalue weighted by molar-refractivity contribution is 0.0489. The Bertz CT molecular complexity index is 491. The number of hydrogen-bond donors (Lipinski definition) is 2. The molecule has 4 nitrogen and oxygen atoms in total. The van der Waals surface area contributed by atoms with Gasteiger partial charge in [0.1, 0.15) is 5.60 Å². The lowest BCUT2D eigenvalue weighted by Gasteiger charge is -2.27. The van der Waals surface area contributed by atoms with Crippen molar-refractivity contribution >= 4 is 17.4 Å². The Kier molecular flexibility index (Phi) is 7.55. The molecule has 0 aliphatic carbocycles. The van der Waals surface area contributed by atoms with Gasteiger partial charge in [0.05, 0.1) is 0 Å². The SMILES string of the molecule is CCc1ccc(C(C)NCC(NC(=O)OC(C)(C)C)C(C)C)s1. The molecular weight excluding hydrogens is 308 g/mol. The molecule has 2 N–H and O–H groups in total. The minimum Gasteiger partial charge on any atom is -0.444 e. The summed E-state index contributed by atoms with van der Waals surface area (Å²) >= 11 is 1.85. The molecule has 0 aliphatic rings. The summed E-state index contributed by atoms with van der Waals surface area (Å²) in [5, 5.41) is 6.50. The van der Waals surface area contributed by atoms with Gasteiger partial charge in [0.25, 0.3) is 0 Å². The van der Waals surface area contributed by atoms with E-state index in [2.05, 4.69) is 50.5 Å². The minimum atomic E-state index is -0.472. The summed E-state index contributed by atoms with van der Waals surface area (Å²) in [5.41, 5.74) is -0.472. The Morgan fingerprint density at radius 2 is 1.91 bits per heavy atom. The second-order valence-corrected chi connectivity index (χ2v) is 8.48. The highest BCUT2D eigenvalue weighted by atomic mass is 32.1. The van der Waals surface area contributed by atoms with Crippen LogP contribution in [0.3, 0.4) is 0 Å². The predicted octanol–water partition coefficient (Wildman–Crippen LogP) is 4.51. The number of hydrogen-bond acceptors (Lipinski definition) is 4. The molecule has 1 amide bonds. The monoisotopic (exact) mass is 340 g/mol. The number of carbonyl (C=O) groups excluding carboxylic acids is 1. The Hall–Kier alpha value is -1.07. The summed E-state index contributed by atoms with van der Waals surface area (Å²) in [7, 11) is 0. The molecule has 0 bridgehead atoms. The summed E-state index contributed by atoms with van der Waals surface area (Å²) in [5.74, 6) is 0.330. The molecule has 2 unspecified atom stereocenters. The molecule has 0 aromatic carbocycles. The summed E-state index contributed by atoms with van der Waals surface area (Å²) in [6, 6.07) is 4.70. The zero-order chi connectivity index (χ0) is 17.6. The van der Waals surface area contributed by atoms with Gasteiger partial charge in [0.15, 0.2) is 0 Å². The number of rotatable bonds is 7. The largest absolute Gasteiger partial charge is 0.444 e. The van der Waals surface area contributed by atoms with Crippen LogP contribution >= 0.6 is 11.3 Å². The molecule has 1 heterocycles. The zero-order valence-electron chi connectivity index (χ0n) is 15.5. The molecule has 2 atom stereocenters. The van der Waals surface area contributed by atoms with Crippen molar-refractivity contribution in [3.05, 3.63) is 21.9 Å². The van der Waals surface area contributed by atoms with E-state index in [0.29, 0.717) is 5.92 Å². The summed E-state index contributed by atoms with van der Waals surface area (Å²) in [4.78, 5) is 14.7. The molecule has 0 fully saturated rings. The molecule has 5 heteroatoms. The van der Waals surface area contributed by atoms with Crippen molar-refractivity contribution in [2.24, 2.45) is 5.92 Å². The third-order valence-corrected chi connectivity index (χ3v) is 5.02. The van der Waals surface area contributed by atoms with Crippen molar-refractivity contribution in [3.63, 3.8) is 0 Å². The van der Waals surface area contributed by atoms with E-state index in [9.17, 15) is 4.79 Å². The number of ether oxygens (including phenoxy) is 1. The van der Waals surface area contributed by atoms with Gasteiger partial charge in [-0.05, 0) is 52.2 Å². The van der Waals surface area contributed by atoms with Crippen molar-refractivity contribution in [1.82, 2.24) is 10.6 Å². The number of carbonyl (C=O) groups is 1. The summed E-state index contributed by atoms with van der Waals surface area (Å²) in [6.45, 7) is 14.9. The standard InChI is InChI=1S/C18H32N2O2S/c1-8-14-9-10-16(23-14)13(4)19-11-15(12(2)3)20-17(21)22-18(5,6)7/h9-10,12-13,15,19H,8,11H2,1-7H3,(H,20,21). The van der Waals surface area contributed by atoms with E-state index in [1.165, 1.54) is 9.75 Å². The van der Waals surface area contributed by atoms with Gasteiger partial charge in [-0.3, -0.25) is 0 Å². The first-order chi connectivity index (χ1) is 10.6. The third-order valence-electron chi connectivity index (χ3n) is 3.61. The topological polar surface area (TPSA) is 50.4 Å². The zero-order valence-corrected chi connectivity index (χ0v) is 16.3. The molecule has 0 saturated carbocycles. The van der Waals surface area contributed by atoms with E-state index in [4.69, 9.17) is 4.74 Å². The van der Waals surface area contributed by atoms with Crippen molar-refractivity contribution in [2.45, 2.75) is 72.6 Å². The fourth-order valence-corrected chi connectivity index (χ4v) is 3.11. The van der Waals surface area contributed by atoms with Gasteiger partial charge in [0, 0.05) is 28.4 Å². The van der Waals surface area contributed by atoms with E-state index < -0.39 is 5.60 Å². The average Bonchev–Trinajstić information content (AvgIpc) is 2.89. The molecule has 0 saturated heterocycles. The van der Waals surface area contributed by atoms with E-state index in [-0.39, 0.29) is 18.2 Å². The fraction of sp³-hybridized carbons (Fsp3) is 0.722. The number of nitrogens with one attached hydrogen (secondary N) is 2. The second kappa shape index (κ2) is 8.69. The predicted molar refractivity (Wildman–Crippen MR) is 98.1 cm³/mol. The number of amides is 1. The normalized spacial score (nSPS) is 14.6. The summed E-state index contributed by atoms with van der Waals surface area (Å²) < 4.78 is 5.35. The van der Waals surface area contributed by atoms with Crippen molar-refractivity contribution in [1.29, 1.82) is 0 Å². The molecule has 132 valence electrons.